The van der Waals surface area contributed by atoms with E-state index in [1.807, 2.05) is 11.8 Å². The molecule has 1 fully saturated rings. The SMILES string of the molecule is CC1CC(Nc2c(Cl)cc(Cl)c3c2N=S=N3)CS1. The second kappa shape index (κ2) is 5.04. The Kier molecular flexibility index (Phi) is 3.58. The van der Waals surface area contributed by atoms with Crippen molar-refractivity contribution in [1.82, 2.24) is 0 Å². The summed E-state index contributed by atoms with van der Waals surface area (Å²) in [4.78, 5) is 0. The van der Waals surface area contributed by atoms with Crippen molar-refractivity contribution in [1.29, 1.82) is 0 Å². The molecule has 3 rings (SSSR count). The molecule has 0 spiro atoms. The first-order valence-electron chi connectivity index (χ1n) is 5.63. The molecular weight excluding hydrogens is 309 g/mol. The van der Waals surface area contributed by atoms with Gasteiger partial charge in [0.05, 0.1) is 27.1 Å². The molecule has 2 heterocycles. The summed E-state index contributed by atoms with van der Waals surface area (Å²) in [6.07, 6.45) is 1.14. The van der Waals surface area contributed by atoms with Crippen LogP contribution in [0.3, 0.4) is 0 Å². The van der Waals surface area contributed by atoms with Crippen molar-refractivity contribution in [2.75, 3.05) is 11.1 Å². The molecule has 0 bridgehead atoms. The maximum Gasteiger partial charge on any atom is 0.130 e. The van der Waals surface area contributed by atoms with Crippen molar-refractivity contribution >= 4 is 63.4 Å². The van der Waals surface area contributed by atoms with Crippen molar-refractivity contribution in [2.24, 2.45) is 8.73 Å². The lowest BCUT2D eigenvalue weighted by Crippen LogP contribution is -2.19. The van der Waals surface area contributed by atoms with Crippen LogP contribution in [0, 0.1) is 0 Å². The zero-order chi connectivity index (χ0) is 12.7. The molecule has 0 saturated carbocycles. The molecule has 1 aromatic carbocycles. The molecule has 2 unspecified atom stereocenters. The Morgan fingerprint density at radius 1 is 1.28 bits per heavy atom. The van der Waals surface area contributed by atoms with E-state index >= 15 is 0 Å². The van der Waals surface area contributed by atoms with Gasteiger partial charge in [0, 0.05) is 17.0 Å². The lowest BCUT2D eigenvalue weighted by atomic mass is 10.1. The molecule has 3 nitrogen and oxygen atoms in total. The van der Waals surface area contributed by atoms with Gasteiger partial charge in [0.25, 0.3) is 0 Å². The number of rotatable bonds is 2. The van der Waals surface area contributed by atoms with Crippen molar-refractivity contribution in [2.45, 2.75) is 24.6 Å². The van der Waals surface area contributed by atoms with E-state index in [9.17, 15) is 0 Å². The summed E-state index contributed by atoms with van der Waals surface area (Å²) in [7, 11) is 0. The standard InChI is InChI=1S/C11H11Cl2N3S2/c1-5-2-6(4-17-5)14-9-7(12)3-8(13)10-11(9)16-18-15-10/h3,5-6,14H,2,4H2,1H3. The van der Waals surface area contributed by atoms with Crippen LogP contribution in [-0.2, 0) is 11.4 Å². The number of fused-ring (bicyclic) bond motifs is 1. The molecule has 2 atom stereocenters. The van der Waals surface area contributed by atoms with Gasteiger partial charge in [-0.1, -0.05) is 30.1 Å². The lowest BCUT2D eigenvalue weighted by molar-refractivity contribution is 0.747. The number of nitrogens with one attached hydrogen (secondary N) is 1. The number of anilines is 1. The summed E-state index contributed by atoms with van der Waals surface area (Å²) in [5.41, 5.74) is 2.37. The molecular formula is C11H11Cl2N3S2. The average Bonchev–Trinajstić information content (AvgIpc) is 2.93. The summed E-state index contributed by atoms with van der Waals surface area (Å²) in [5.74, 6) is 1.10. The first-order valence-corrected chi connectivity index (χ1v) is 8.17. The topological polar surface area (TPSA) is 36.8 Å². The zero-order valence-corrected chi connectivity index (χ0v) is 12.8. The Morgan fingerprint density at radius 3 is 2.78 bits per heavy atom. The van der Waals surface area contributed by atoms with Gasteiger partial charge in [-0.3, -0.25) is 0 Å². The molecule has 0 radical (unpaired) electrons. The van der Waals surface area contributed by atoms with E-state index in [0.29, 0.717) is 21.3 Å². The predicted octanol–water partition coefficient (Wildman–Crippen LogP) is 5.03. The van der Waals surface area contributed by atoms with E-state index in [1.165, 1.54) is 0 Å². The van der Waals surface area contributed by atoms with Crippen molar-refractivity contribution in [3.63, 3.8) is 0 Å². The number of benzene rings is 1. The third kappa shape index (κ3) is 2.29. The largest absolute Gasteiger partial charge is 0.378 e. The highest BCUT2D eigenvalue weighted by atomic mass is 35.5. The summed E-state index contributed by atoms with van der Waals surface area (Å²) >= 11 is 15.5. The van der Waals surface area contributed by atoms with Gasteiger partial charge in [-0.15, -0.1) is 0 Å². The predicted molar refractivity (Wildman–Crippen MR) is 82.0 cm³/mol. The molecule has 1 N–H and O–H groups in total. The maximum atomic E-state index is 6.26. The van der Waals surface area contributed by atoms with E-state index in [-0.39, 0.29) is 0 Å². The van der Waals surface area contributed by atoms with E-state index in [0.717, 1.165) is 40.6 Å². The Labute approximate surface area is 124 Å². The van der Waals surface area contributed by atoms with Gasteiger partial charge in [0.2, 0.25) is 0 Å². The normalized spacial score (nSPS) is 25.1. The number of thioether (sulfide) groups is 1. The van der Waals surface area contributed by atoms with Crippen LogP contribution in [0.25, 0.3) is 0 Å². The van der Waals surface area contributed by atoms with Crippen LogP contribution in [0.5, 0.6) is 0 Å². The van der Waals surface area contributed by atoms with Gasteiger partial charge in [-0.05, 0) is 12.5 Å². The third-order valence-electron chi connectivity index (χ3n) is 2.99. The highest BCUT2D eigenvalue weighted by molar-refractivity contribution is 8.00. The van der Waals surface area contributed by atoms with Crippen LogP contribution in [0.15, 0.2) is 14.8 Å². The molecule has 2 aliphatic rings. The van der Waals surface area contributed by atoms with E-state index < -0.39 is 0 Å². The summed E-state index contributed by atoms with van der Waals surface area (Å²) in [6.45, 7) is 2.25. The monoisotopic (exact) mass is 319 g/mol. The van der Waals surface area contributed by atoms with Gasteiger partial charge < -0.3 is 5.32 Å². The minimum atomic E-state index is 0.438. The van der Waals surface area contributed by atoms with Gasteiger partial charge in [0.1, 0.15) is 11.4 Å². The molecule has 1 saturated heterocycles. The fourth-order valence-corrected chi connectivity index (χ4v) is 4.45. The summed E-state index contributed by atoms with van der Waals surface area (Å²) in [6, 6.07) is 2.18. The van der Waals surface area contributed by atoms with Gasteiger partial charge in [-0.2, -0.15) is 20.5 Å². The van der Waals surface area contributed by atoms with Crippen LogP contribution < -0.4 is 5.32 Å². The summed E-state index contributed by atoms with van der Waals surface area (Å²) in [5, 5.41) is 5.36. The second-order valence-electron chi connectivity index (χ2n) is 4.40. The van der Waals surface area contributed by atoms with Gasteiger partial charge in [0.15, 0.2) is 0 Å². The zero-order valence-electron chi connectivity index (χ0n) is 9.61. The molecule has 96 valence electrons. The van der Waals surface area contributed by atoms with Crippen LogP contribution >= 0.6 is 35.0 Å². The highest BCUT2D eigenvalue weighted by Gasteiger charge is 2.25. The van der Waals surface area contributed by atoms with E-state index in [2.05, 4.69) is 21.0 Å². The molecule has 0 aliphatic carbocycles. The number of halogens is 2. The Morgan fingerprint density at radius 2 is 2.06 bits per heavy atom. The minimum absolute atomic E-state index is 0.438. The van der Waals surface area contributed by atoms with E-state index in [1.54, 1.807) is 6.07 Å². The van der Waals surface area contributed by atoms with E-state index in [4.69, 9.17) is 23.2 Å². The first-order chi connectivity index (χ1) is 8.65. The first kappa shape index (κ1) is 12.8. The highest BCUT2D eigenvalue weighted by Crippen LogP contribution is 2.48. The van der Waals surface area contributed by atoms with Crippen LogP contribution in [0.1, 0.15) is 13.3 Å². The Hall–Kier alpha value is -0.230. The van der Waals surface area contributed by atoms with Crippen molar-refractivity contribution < 1.29 is 0 Å². The number of nitrogens with zero attached hydrogens (tertiary/aromatic N) is 2. The molecule has 0 aromatic heterocycles. The third-order valence-corrected chi connectivity index (χ3v) is 5.46. The lowest BCUT2D eigenvalue weighted by Gasteiger charge is -2.16. The molecule has 0 amide bonds. The van der Waals surface area contributed by atoms with Crippen LogP contribution in [0.2, 0.25) is 10.0 Å². The Bertz CT molecular complexity index is 570. The number of hydrogen-bond acceptors (Lipinski definition) is 4. The average molecular weight is 320 g/mol. The fourth-order valence-electron chi connectivity index (χ4n) is 2.13. The fraction of sp³-hybridized carbons (Fsp3) is 0.455. The van der Waals surface area contributed by atoms with Crippen LogP contribution in [-0.4, -0.2) is 17.0 Å². The molecule has 18 heavy (non-hydrogen) atoms. The molecule has 7 heteroatoms. The maximum absolute atomic E-state index is 6.26. The quantitative estimate of drug-likeness (QED) is 0.843. The van der Waals surface area contributed by atoms with Crippen LogP contribution in [0.4, 0.5) is 17.1 Å². The smallest absolute Gasteiger partial charge is 0.130 e. The van der Waals surface area contributed by atoms with Gasteiger partial charge in [-0.25, -0.2) is 0 Å². The Balaban J connectivity index is 1.93. The number of hydrogen-bond donors (Lipinski definition) is 1. The van der Waals surface area contributed by atoms with Gasteiger partial charge >= 0.3 is 0 Å². The van der Waals surface area contributed by atoms with Crippen molar-refractivity contribution in [3.8, 4) is 0 Å². The molecule has 2 aliphatic heterocycles. The van der Waals surface area contributed by atoms with Crippen molar-refractivity contribution in [3.05, 3.63) is 16.1 Å². The molecule has 1 aromatic rings. The minimum Gasteiger partial charge on any atom is -0.378 e. The summed E-state index contributed by atoms with van der Waals surface area (Å²) < 4.78 is 8.50. The second-order valence-corrected chi connectivity index (χ2v) is 7.21.